The van der Waals surface area contributed by atoms with E-state index < -0.39 is 0 Å². The number of aliphatic imine (C=N–C) groups is 1. The summed E-state index contributed by atoms with van der Waals surface area (Å²) in [4.78, 5) is 18.9. The standard InChI is InChI=1S/C23H23N3O4S2/c1-25-21(27)20(22(28)26(2)23(25)31)16-12-19(32-18-8-6-5-7-15(18)24-16)14-10-9-13(29-3)11-17(14)30-4/h5-11,19,27H,12H2,1-4H3/t19-/m1/s1. The molecule has 9 heteroatoms. The number of ether oxygens (including phenoxy) is 2. The van der Waals surface area contributed by atoms with Crippen molar-refractivity contribution in [3.8, 4) is 17.4 Å². The van der Waals surface area contributed by atoms with Gasteiger partial charge in [0.1, 0.15) is 17.1 Å². The maximum atomic E-state index is 13.1. The maximum Gasteiger partial charge on any atom is 0.267 e. The molecule has 2 heterocycles. The number of aromatic nitrogens is 2. The van der Waals surface area contributed by atoms with Crippen LogP contribution in [0, 0.1) is 4.77 Å². The molecule has 0 spiro atoms. The van der Waals surface area contributed by atoms with Gasteiger partial charge in [-0.2, -0.15) is 0 Å². The fraction of sp³-hybridized carbons (Fsp3) is 0.261. The highest BCUT2D eigenvalue weighted by atomic mass is 32.2. The summed E-state index contributed by atoms with van der Waals surface area (Å²) >= 11 is 6.91. The predicted octanol–water partition coefficient (Wildman–Crippen LogP) is 4.53. The molecule has 7 nitrogen and oxygen atoms in total. The molecule has 1 atom stereocenters. The molecule has 1 aromatic heterocycles. The summed E-state index contributed by atoms with van der Waals surface area (Å²) < 4.78 is 14.0. The highest BCUT2D eigenvalue weighted by Crippen LogP contribution is 2.48. The third-order valence-corrected chi connectivity index (χ3v) is 7.33. The lowest BCUT2D eigenvalue weighted by Crippen LogP contribution is -2.29. The predicted molar refractivity (Wildman–Crippen MR) is 129 cm³/mol. The smallest absolute Gasteiger partial charge is 0.267 e. The highest BCUT2D eigenvalue weighted by molar-refractivity contribution is 7.99. The Kier molecular flexibility index (Phi) is 6.12. The van der Waals surface area contributed by atoms with Gasteiger partial charge in [-0.05, 0) is 30.4 Å². The van der Waals surface area contributed by atoms with Gasteiger partial charge in [-0.15, -0.1) is 11.8 Å². The summed E-state index contributed by atoms with van der Waals surface area (Å²) in [5.41, 5.74) is 1.96. The van der Waals surface area contributed by atoms with Crippen molar-refractivity contribution in [3.63, 3.8) is 0 Å². The summed E-state index contributed by atoms with van der Waals surface area (Å²) in [5, 5.41) is 10.7. The quantitative estimate of drug-likeness (QED) is 0.566. The van der Waals surface area contributed by atoms with E-state index in [-0.39, 0.29) is 27.0 Å². The van der Waals surface area contributed by atoms with Gasteiger partial charge < -0.3 is 14.6 Å². The summed E-state index contributed by atoms with van der Waals surface area (Å²) in [5.74, 6) is 1.18. The molecule has 0 saturated heterocycles. The SMILES string of the molecule is COc1ccc([C@H]2CC(c3c(O)n(C)c(=S)n(C)c3=O)=Nc3ccccc3S2)c(OC)c1. The van der Waals surface area contributed by atoms with Gasteiger partial charge in [-0.1, -0.05) is 18.2 Å². The molecule has 0 amide bonds. The fourth-order valence-corrected chi connectivity index (χ4v) is 5.14. The number of thioether (sulfide) groups is 1. The van der Waals surface area contributed by atoms with Crippen molar-refractivity contribution in [2.24, 2.45) is 19.1 Å². The lowest BCUT2D eigenvalue weighted by molar-refractivity contribution is 0.391. The molecule has 32 heavy (non-hydrogen) atoms. The first-order chi connectivity index (χ1) is 15.3. The van der Waals surface area contributed by atoms with Crippen molar-refractivity contribution < 1.29 is 14.6 Å². The first-order valence-corrected chi connectivity index (χ1v) is 11.2. The summed E-state index contributed by atoms with van der Waals surface area (Å²) in [7, 11) is 6.45. The Hall–Kier alpha value is -3.04. The minimum atomic E-state index is -0.380. The average molecular weight is 470 g/mol. The van der Waals surface area contributed by atoms with Crippen molar-refractivity contribution >= 4 is 35.4 Å². The van der Waals surface area contributed by atoms with Crippen LogP contribution in [0.2, 0.25) is 0 Å². The number of benzene rings is 2. The molecule has 166 valence electrons. The van der Waals surface area contributed by atoms with Crippen molar-refractivity contribution in [3.05, 3.63) is 68.7 Å². The van der Waals surface area contributed by atoms with Crippen LogP contribution in [-0.4, -0.2) is 34.2 Å². The van der Waals surface area contributed by atoms with Crippen LogP contribution in [0.4, 0.5) is 5.69 Å². The second-order valence-corrected chi connectivity index (χ2v) is 8.96. The molecule has 0 aliphatic carbocycles. The Labute approximate surface area is 195 Å². The Balaban J connectivity index is 1.93. The zero-order valence-corrected chi connectivity index (χ0v) is 19.8. The molecule has 4 rings (SSSR count). The molecule has 1 aliphatic heterocycles. The molecule has 2 aromatic carbocycles. The van der Waals surface area contributed by atoms with Gasteiger partial charge in [0.05, 0.1) is 25.6 Å². The van der Waals surface area contributed by atoms with Gasteiger partial charge in [-0.25, -0.2) is 0 Å². The first kappa shape index (κ1) is 22.2. The normalized spacial score (nSPS) is 15.5. The molecule has 0 saturated carbocycles. The van der Waals surface area contributed by atoms with E-state index in [2.05, 4.69) is 0 Å². The van der Waals surface area contributed by atoms with Gasteiger partial charge in [0.15, 0.2) is 4.77 Å². The zero-order valence-electron chi connectivity index (χ0n) is 18.2. The zero-order chi connectivity index (χ0) is 23.0. The van der Waals surface area contributed by atoms with E-state index >= 15 is 0 Å². The van der Waals surface area contributed by atoms with Crippen LogP contribution in [0.15, 0.2) is 57.1 Å². The highest BCUT2D eigenvalue weighted by Gasteiger charge is 2.28. The number of nitrogens with zero attached hydrogens (tertiary/aromatic N) is 3. The van der Waals surface area contributed by atoms with Crippen LogP contribution in [0.5, 0.6) is 17.4 Å². The van der Waals surface area contributed by atoms with Gasteiger partial charge in [0, 0.05) is 42.3 Å². The topological polar surface area (TPSA) is 78.0 Å². The molecule has 3 aromatic rings. The summed E-state index contributed by atoms with van der Waals surface area (Å²) in [6.07, 6.45) is 0.404. The second-order valence-electron chi connectivity index (χ2n) is 7.35. The van der Waals surface area contributed by atoms with E-state index in [1.807, 2.05) is 42.5 Å². The van der Waals surface area contributed by atoms with E-state index in [0.717, 1.165) is 16.1 Å². The van der Waals surface area contributed by atoms with Crippen LogP contribution in [0.1, 0.15) is 22.8 Å². The largest absolute Gasteiger partial charge is 0.497 e. The van der Waals surface area contributed by atoms with Crippen LogP contribution in [0.25, 0.3) is 0 Å². The van der Waals surface area contributed by atoms with Gasteiger partial charge >= 0.3 is 0 Å². The molecule has 0 radical (unpaired) electrons. The van der Waals surface area contributed by atoms with Crippen molar-refractivity contribution in [1.29, 1.82) is 0 Å². The Morgan fingerprint density at radius 1 is 1.12 bits per heavy atom. The Bertz CT molecular complexity index is 1340. The third-order valence-electron chi connectivity index (χ3n) is 5.48. The Morgan fingerprint density at radius 2 is 1.88 bits per heavy atom. The summed E-state index contributed by atoms with van der Waals surface area (Å²) in [6, 6.07) is 13.4. The lowest BCUT2D eigenvalue weighted by atomic mass is 10.0. The van der Waals surface area contributed by atoms with E-state index in [0.29, 0.717) is 23.6 Å². The molecule has 1 aliphatic rings. The number of rotatable bonds is 4. The first-order valence-electron chi connectivity index (χ1n) is 9.90. The van der Waals surface area contributed by atoms with E-state index in [1.165, 1.54) is 9.13 Å². The molecule has 0 unspecified atom stereocenters. The molecule has 1 N–H and O–H groups in total. The van der Waals surface area contributed by atoms with Gasteiger partial charge in [-0.3, -0.25) is 18.9 Å². The molecule has 0 bridgehead atoms. The molecule has 0 fully saturated rings. The van der Waals surface area contributed by atoms with E-state index in [1.54, 1.807) is 40.1 Å². The second kappa shape index (κ2) is 8.84. The third kappa shape index (κ3) is 3.82. The van der Waals surface area contributed by atoms with E-state index in [4.69, 9.17) is 26.7 Å². The van der Waals surface area contributed by atoms with Gasteiger partial charge in [0.25, 0.3) is 5.56 Å². The van der Waals surface area contributed by atoms with Crippen LogP contribution >= 0.6 is 24.0 Å². The van der Waals surface area contributed by atoms with Crippen molar-refractivity contribution in [2.45, 2.75) is 16.6 Å². The maximum absolute atomic E-state index is 13.1. The molecular weight excluding hydrogens is 446 g/mol. The van der Waals surface area contributed by atoms with Crippen LogP contribution < -0.4 is 15.0 Å². The minimum Gasteiger partial charge on any atom is -0.497 e. The minimum absolute atomic E-state index is 0.115. The number of hydrogen-bond acceptors (Lipinski definition) is 7. The van der Waals surface area contributed by atoms with Crippen LogP contribution in [-0.2, 0) is 14.1 Å². The lowest BCUT2D eigenvalue weighted by Gasteiger charge is -2.20. The van der Waals surface area contributed by atoms with Gasteiger partial charge in [0.2, 0.25) is 5.88 Å². The van der Waals surface area contributed by atoms with E-state index in [9.17, 15) is 9.90 Å². The molecular formula is C23H23N3O4S2. The van der Waals surface area contributed by atoms with Crippen molar-refractivity contribution in [2.75, 3.05) is 14.2 Å². The number of para-hydroxylation sites is 1. The number of fused-ring (bicyclic) bond motifs is 1. The number of aromatic hydroxyl groups is 1. The van der Waals surface area contributed by atoms with Crippen LogP contribution in [0.3, 0.4) is 0 Å². The number of hydrogen-bond donors (Lipinski definition) is 1. The summed E-state index contributed by atoms with van der Waals surface area (Å²) in [6.45, 7) is 0. The Morgan fingerprint density at radius 3 is 2.59 bits per heavy atom. The fourth-order valence-electron chi connectivity index (χ4n) is 3.71. The van der Waals surface area contributed by atoms with Crippen molar-refractivity contribution in [1.82, 2.24) is 9.13 Å². The monoisotopic (exact) mass is 469 g/mol. The number of methoxy groups -OCH3 is 2. The average Bonchev–Trinajstić information content (AvgIpc) is 3.00.